The molecule has 1 aliphatic carbocycles. The number of piperidine rings is 1. The maximum Gasteiger partial charge on any atom is 0.235 e. The summed E-state index contributed by atoms with van der Waals surface area (Å²) < 4.78 is 1.46. The zero-order valence-electron chi connectivity index (χ0n) is 12.1. The fraction of sp³-hybridized carbons (Fsp3) is 0.600. The van der Waals surface area contributed by atoms with Gasteiger partial charge in [-0.1, -0.05) is 19.3 Å². The molecule has 0 bridgehead atoms. The predicted octanol–water partition coefficient (Wildman–Crippen LogP) is 1.90. The van der Waals surface area contributed by atoms with Gasteiger partial charge in [-0.05, 0) is 18.3 Å². The number of aromatic nitrogens is 2. The number of rotatable bonds is 1. The molecule has 0 unspecified atom stereocenters. The Kier molecular flexibility index (Phi) is 3.28. The van der Waals surface area contributed by atoms with Crippen LogP contribution in [0.4, 0.5) is 5.82 Å². The Balaban J connectivity index is 1.90. The molecule has 2 fully saturated rings. The van der Waals surface area contributed by atoms with Gasteiger partial charge in [0.25, 0.3) is 0 Å². The van der Waals surface area contributed by atoms with Crippen LogP contribution >= 0.6 is 0 Å². The molecule has 1 saturated heterocycles. The SMILES string of the molecule is Cn1cc(C#N)c(N2C(=O)CC3(CCCCC3)CC2=O)n1. The van der Waals surface area contributed by atoms with Crippen LogP contribution in [-0.2, 0) is 16.6 Å². The Labute approximate surface area is 123 Å². The number of hydrogen-bond acceptors (Lipinski definition) is 4. The third kappa shape index (κ3) is 2.33. The number of nitrogens with zero attached hydrogens (tertiary/aromatic N) is 4. The highest BCUT2D eigenvalue weighted by Crippen LogP contribution is 2.46. The Bertz CT molecular complexity index is 615. The number of imide groups is 1. The molecule has 1 aromatic heterocycles. The molecule has 0 aromatic carbocycles. The lowest BCUT2D eigenvalue weighted by atomic mass is 9.67. The highest BCUT2D eigenvalue weighted by atomic mass is 16.2. The van der Waals surface area contributed by atoms with Crippen molar-refractivity contribution in [2.75, 3.05) is 4.90 Å². The van der Waals surface area contributed by atoms with Crippen LogP contribution in [0.3, 0.4) is 0 Å². The first-order chi connectivity index (χ1) is 10.0. The topological polar surface area (TPSA) is 79.0 Å². The lowest BCUT2D eigenvalue weighted by Crippen LogP contribution is -2.49. The number of anilines is 1. The summed E-state index contributed by atoms with van der Waals surface area (Å²) in [5, 5.41) is 13.2. The molecule has 1 saturated carbocycles. The number of carbonyl (C=O) groups is 2. The number of aryl methyl sites for hydroxylation is 1. The molecule has 0 radical (unpaired) electrons. The summed E-state index contributed by atoms with van der Waals surface area (Å²) in [6.07, 6.45) is 7.58. The number of hydrogen-bond donors (Lipinski definition) is 0. The largest absolute Gasteiger partial charge is 0.274 e. The van der Waals surface area contributed by atoms with E-state index in [1.54, 1.807) is 7.05 Å². The van der Waals surface area contributed by atoms with Crippen molar-refractivity contribution in [2.45, 2.75) is 44.9 Å². The van der Waals surface area contributed by atoms with Crippen LogP contribution in [0.1, 0.15) is 50.5 Å². The van der Waals surface area contributed by atoms with Gasteiger partial charge in [0.2, 0.25) is 11.8 Å². The molecular formula is C15H18N4O2. The van der Waals surface area contributed by atoms with Gasteiger partial charge in [0.1, 0.15) is 11.6 Å². The van der Waals surface area contributed by atoms with Gasteiger partial charge in [0, 0.05) is 26.1 Å². The Hall–Kier alpha value is -2.16. The number of nitriles is 1. The number of carbonyl (C=O) groups excluding carboxylic acids is 2. The smallest absolute Gasteiger partial charge is 0.235 e. The van der Waals surface area contributed by atoms with E-state index in [1.165, 1.54) is 17.3 Å². The second-order valence-corrected chi connectivity index (χ2v) is 6.19. The first kappa shape index (κ1) is 13.8. The van der Waals surface area contributed by atoms with Crippen LogP contribution < -0.4 is 4.90 Å². The van der Waals surface area contributed by atoms with Crippen LogP contribution in [0.25, 0.3) is 0 Å². The molecule has 0 atom stereocenters. The monoisotopic (exact) mass is 286 g/mol. The molecule has 1 aromatic rings. The van der Waals surface area contributed by atoms with Gasteiger partial charge in [-0.15, -0.1) is 0 Å². The van der Waals surface area contributed by atoms with Crippen molar-refractivity contribution >= 4 is 17.6 Å². The summed E-state index contributed by atoms with van der Waals surface area (Å²) in [6, 6.07) is 2.00. The Morgan fingerprint density at radius 3 is 2.38 bits per heavy atom. The van der Waals surface area contributed by atoms with E-state index in [0.717, 1.165) is 30.6 Å². The predicted molar refractivity (Wildman–Crippen MR) is 75.2 cm³/mol. The fourth-order valence-corrected chi connectivity index (χ4v) is 3.61. The fourth-order valence-electron chi connectivity index (χ4n) is 3.61. The van der Waals surface area contributed by atoms with Gasteiger partial charge in [-0.25, -0.2) is 4.90 Å². The molecule has 6 nitrogen and oxygen atoms in total. The summed E-state index contributed by atoms with van der Waals surface area (Å²) >= 11 is 0. The van der Waals surface area contributed by atoms with E-state index in [-0.39, 0.29) is 28.6 Å². The molecule has 1 spiro atoms. The van der Waals surface area contributed by atoms with Gasteiger partial charge in [-0.2, -0.15) is 10.4 Å². The van der Waals surface area contributed by atoms with E-state index in [9.17, 15) is 9.59 Å². The van der Waals surface area contributed by atoms with Crippen molar-refractivity contribution in [1.82, 2.24) is 9.78 Å². The van der Waals surface area contributed by atoms with Crippen molar-refractivity contribution in [2.24, 2.45) is 12.5 Å². The molecule has 2 aliphatic rings. The standard InChI is InChI=1S/C15H18N4O2/c1-18-10-11(9-16)14(17-18)19-12(20)7-15(8-13(19)21)5-3-2-4-6-15/h10H,2-8H2,1H3. The first-order valence-corrected chi connectivity index (χ1v) is 7.34. The van der Waals surface area contributed by atoms with Crippen molar-refractivity contribution in [3.63, 3.8) is 0 Å². The minimum Gasteiger partial charge on any atom is -0.274 e. The van der Waals surface area contributed by atoms with Crippen molar-refractivity contribution in [3.05, 3.63) is 11.8 Å². The van der Waals surface area contributed by atoms with Crippen LogP contribution in [-0.4, -0.2) is 21.6 Å². The van der Waals surface area contributed by atoms with Gasteiger partial charge in [-0.3, -0.25) is 14.3 Å². The maximum atomic E-state index is 12.5. The zero-order chi connectivity index (χ0) is 15.0. The Morgan fingerprint density at radius 2 is 1.81 bits per heavy atom. The normalized spacial score (nSPS) is 21.6. The molecule has 3 rings (SSSR count). The maximum absolute atomic E-state index is 12.5. The lowest BCUT2D eigenvalue weighted by Gasteiger charge is -2.41. The second-order valence-electron chi connectivity index (χ2n) is 6.19. The van der Waals surface area contributed by atoms with E-state index in [0.29, 0.717) is 12.8 Å². The average Bonchev–Trinajstić information content (AvgIpc) is 2.79. The molecule has 2 heterocycles. The quantitative estimate of drug-likeness (QED) is 0.738. The lowest BCUT2D eigenvalue weighted by molar-refractivity contribution is -0.134. The van der Waals surface area contributed by atoms with Gasteiger partial charge < -0.3 is 0 Å². The van der Waals surface area contributed by atoms with E-state index < -0.39 is 0 Å². The van der Waals surface area contributed by atoms with E-state index in [2.05, 4.69) is 5.10 Å². The van der Waals surface area contributed by atoms with Gasteiger partial charge in [0.15, 0.2) is 5.82 Å². The third-order valence-electron chi connectivity index (χ3n) is 4.61. The van der Waals surface area contributed by atoms with Gasteiger partial charge in [0.05, 0.1) is 0 Å². The molecule has 21 heavy (non-hydrogen) atoms. The van der Waals surface area contributed by atoms with Crippen LogP contribution in [0.15, 0.2) is 6.20 Å². The second kappa shape index (κ2) is 4.99. The average molecular weight is 286 g/mol. The van der Waals surface area contributed by atoms with Gasteiger partial charge >= 0.3 is 0 Å². The summed E-state index contributed by atoms with van der Waals surface area (Å²) in [5.74, 6) is -0.257. The van der Waals surface area contributed by atoms with Crippen molar-refractivity contribution in [3.8, 4) is 6.07 Å². The van der Waals surface area contributed by atoms with Crippen molar-refractivity contribution in [1.29, 1.82) is 5.26 Å². The summed E-state index contributed by atoms with van der Waals surface area (Å²) in [5.41, 5.74) is 0.114. The minimum atomic E-state index is -0.219. The van der Waals surface area contributed by atoms with E-state index in [1.807, 2.05) is 6.07 Å². The van der Waals surface area contributed by atoms with Crippen molar-refractivity contribution < 1.29 is 9.59 Å². The molecule has 2 amide bonds. The van der Waals surface area contributed by atoms with Crippen LogP contribution in [0.2, 0.25) is 0 Å². The zero-order valence-corrected chi connectivity index (χ0v) is 12.1. The molecular weight excluding hydrogens is 268 g/mol. The molecule has 110 valence electrons. The molecule has 6 heteroatoms. The van der Waals surface area contributed by atoms with E-state index in [4.69, 9.17) is 5.26 Å². The first-order valence-electron chi connectivity index (χ1n) is 7.34. The summed E-state index contributed by atoms with van der Waals surface area (Å²) in [7, 11) is 1.67. The Morgan fingerprint density at radius 1 is 1.19 bits per heavy atom. The highest BCUT2D eigenvalue weighted by Gasteiger charge is 2.45. The molecule has 0 N–H and O–H groups in total. The van der Waals surface area contributed by atoms with Crippen LogP contribution in [0, 0.1) is 16.7 Å². The molecule has 1 aliphatic heterocycles. The third-order valence-corrected chi connectivity index (χ3v) is 4.61. The minimum absolute atomic E-state index is 0.148. The highest BCUT2D eigenvalue weighted by molar-refractivity contribution is 6.17. The summed E-state index contributed by atoms with van der Waals surface area (Å²) in [6.45, 7) is 0. The summed E-state index contributed by atoms with van der Waals surface area (Å²) in [4.78, 5) is 26.1. The van der Waals surface area contributed by atoms with E-state index >= 15 is 0 Å². The van der Waals surface area contributed by atoms with Crippen LogP contribution in [0.5, 0.6) is 0 Å². The number of amides is 2.